The number of aliphatic imine (C=N–C) groups is 1. The second kappa shape index (κ2) is 11.1. The fourth-order valence-electron chi connectivity index (χ4n) is 3.28. The standard InChI is InChI=1S/C17H35N5O.HI/c1-17(2,13-21(5)6)12-20-16(19-4)22-9-7-14(8-10-22)11-15(23)18-3;/h14H,7-13H2,1-6H3,(H,18,23)(H,19,20);1H. The lowest BCUT2D eigenvalue weighted by Crippen LogP contribution is -2.49. The molecule has 0 aliphatic carbocycles. The molecule has 0 saturated carbocycles. The van der Waals surface area contributed by atoms with Crippen molar-refractivity contribution in [3.8, 4) is 0 Å². The third kappa shape index (κ3) is 8.50. The number of rotatable bonds is 6. The van der Waals surface area contributed by atoms with Crippen LogP contribution in [-0.2, 0) is 4.79 Å². The van der Waals surface area contributed by atoms with E-state index in [9.17, 15) is 4.79 Å². The molecule has 7 heteroatoms. The molecule has 0 radical (unpaired) electrons. The van der Waals surface area contributed by atoms with Gasteiger partial charge < -0.3 is 20.4 Å². The SMILES string of the molecule is CN=C(NCC(C)(C)CN(C)C)N1CCC(CC(=O)NC)CC1.I. The molecule has 1 heterocycles. The lowest BCUT2D eigenvalue weighted by Gasteiger charge is -2.36. The molecule has 1 amide bonds. The van der Waals surface area contributed by atoms with Crippen LogP contribution < -0.4 is 10.6 Å². The normalized spacial score (nSPS) is 16.8. The van der Waals surface area contributed by atoms with Crippen LogP contribution in [-0.4, -0.2) is 76.0 Å². The minimum Gasteiger partial charge on any atom is -0.359 e. The molecule has 2 N–H and O–H groups in total. The van der Waals surface area contributed by atoms with E-state index in [0.29, 0.717) is 12.3 Å². The number of carbonyl (C=O) groups is 1. The van der Waals surface area contributed by atoms with Crippen LogP contribution in [0.1, 0.15) is 33.1 Å². The molecule has 1 aliphatic rings. The predicted molar refractivity (Wildman–Crippen MR) is 112 cm³/mol. The Kier molecular flexibility index (Phi) is 10.9. The van der Waals surface area contributed by atoms with Gasteiger partial charge in [0, 0.05) is 46.7 Å². The van der Waals surface area contributed by atoms with E-state index < -0.39 is 0 Å². The van der Waals surface area contributed by atoms with Crippen molar-refractivity contribution in [3.63, 3.8) is 0 Å². The highest BCUT2D eigenvalue weighted by molar-refractivity contribution is 14.0. The third-order valence-electron chi connectivity index (χ3n) is 4.35. The quantitative estimate of drug-likeness (QED) is 0.365. The lowest BCUT2D eigenvalue weighted by molar-refractivity contribution is -0.121. The van der Waals surface area contributed by atoms with Gasteiger partial charge in [0.1, 0.15) is 0 Å². The Balaban J connectivity index is 0.00000529. The molecule has 1 aliphatic heterocycles. The van der Waals surface area contributed by atoms with Crippen molar-refractivity contribution >= 4 is 35.8 Å². The van der Waals surface area contributed by atoms with Crippen LogP contribution in [0.5, 0.6) is 0 Å². The maximum Gasteiger partial charge on any atom is 0.220 e. The first-order valence-electron chi connectivity index (χ1n) is 8.58. The van der Waals surface area contributed by atoms with Crippen LogP contribution in [0.25, 0.3) is 0 Å². The number of nitrogens with zero attached hydrogens (tertiary/aromatic N) is 3. The van der Waals surface area contributed by atoms with E-state index in [1.807, 2.05) is 7.05 Å². The van der Waals surface area contributed by atoms with E-state index >= 15 is 0 Å². The van der Waals surface area contributed by atoms with Crippen LogP contribution in [0.3, 0.4) is 0 Å². The fourth-order valence-corrected chi connectivity index (χ4v) is 3.28. The molecule has 1 saturated heterocycles. The lowest BCUT2D eigenvalue weighted by atomic mass is 9.92. The first-order valence-corrected chi connectivity index (χ1v) is 8.58. The number of likely N-dealkylation sites (tertiary alicyclic amines) is 1. The number of hydrogen-bond acceptors (Lipinski definition) is 3. The highest BCUT2D eigenvalue weighted by atomic mass is 127. The molecule has 0 unspecified atom stereocenters. The molecule has 24 heavy (non-hydrogen) atoms. The van der Waals surface area contributed by atoms with Crippen LogP contribution in [0, 0.1) is 11.3 Å². The largest absolute Gasteiger partial charge is 0.359 e. The average molecular weight is 453 g/mol. The highest BCUT2D eigenvalue weighted by Crippen LogP contribution is 2.21. The van der Waals surface area contributed by atoms with Gasteiger partial charge in [0.05, 0.1) is 0 Å². The Morgan fingerprint density at radius 3 is 2.33 bits per heavy atom. The summed E-state index contributed by atoms with van der Waals surface area (Å²) in [5, 5.41) is 6.24. The maximum absolute atomic E-state index is 11.5. The molecule has 1 rings (SSSR count). The smallest absolute Gasteiger partial charge is 0.220 e. The summed E-state index contributed by atoms with van der Waals surface area (Å²) in [6, 6.07) is 0. The van der Waals surface area contributed by atoms with Crippen molar-refractivity contribution in [2.75, 3.05) is 54.4 Å². The van der Waals surface area contributed by atoms with Gasteiger partial charge >= 0.3 is 0 Å². The van der Waals surface area contributed by atoms with Crippen molar-refractivity contribution in [2.45, 2.75) is 33.1 Å². The first-order chi connectivity index (χ1) is 10.8. The van der Waals surface area contributed by atoms with Gasteiger partial charge in [0.2, 0.25) is 5.91 Å². The summed E-state index contributed by atoms with van der Waals surface area (Å²) in [4.78, 5) is 20.5. The van der Waals surface area contributed by atoms with Gasteiger partial charge in [0.15, 0.2) is 5.96 Å². The molecule has 1 fully saturated rings. The Morgan fingerprint density at radius 1 is 1.29 bits per heavy atom. The number of carbonyl (C=O) groups excluding carboxylic acids is 1. The van der Waals surface area contributed by atoms with Gasteiger partial charge in [-0.1, -0.05) is 13.8 Å². The number of halogens is 1. The zero-order chi connectivity index (χ0) is 17.5. The molecular weight excluding hydrogens is 417 g/mol. The Labute approximate surface area is 164 Å². The van der Waals surface area contributed by atoms with Gasteiger partial charge in [0.25, 0.3) is 0 Å². The Morgan fingerprint density at radius 2 is 1.88 bits per heavy atom. The predicted octanol–water partition coefficient (Wildman–Crippen LogP) is 1.62. The summed E-state index contributed by atoms with van der Waals surface area (Å²) in [7, 11) is 7.76. The van der Waals surface area contributed by atoms with Crippen LogP contribution in [0.15, 0.2) is 4.99 Å². The Bertz CT molecular complexity index is 404. The molecule has 0 spiro atoms. The summed E-state index contributed by atoms with van der Waals surface area (Å²) in [5.74, 6) is 1.63. The van der Waals surface area contributed by atoms with Crippen molar-refractivity contribution in [1.29, 1.82) is 0 Å². The summed E-state index contributed by atoms with van der Waals surface area (Å²) in [5.41, 5.74) is 0.191. The summed E-state index contributed by atoms with van der Waals surface area (Å²) in [6.45, 7) is 8.40. The van der Waals surface area contributed by atoms with Gasteiger partial charge in [-0.2, -0.15) is 0 Å². The van der Waals surface area contributed by atoms with Crippen molar-refractivity contribution in [2.24, 2.45) is 16.3 Å². The van der Waals surface area contributed by atoms with Crippen molar-refractivity contribution in [3.05, 3.63) is 0 Å². The van der Waals surface area contributed by atoms with E-state index in [2.05, 4.69) is 53.4 Å². The van der Waals surface area contributed by atoms with E-state index in [1.54, 1.807) is 7.05 Å². The molecular formula is C17H36IN5O. The number of amides is 1. The average Bonchev–Trinajstić information content (AvgIpc) is 2.47. The zero-order valence-corrected chi connectivity index (χ0v) is 18.5. The van der Waals surface area contributed by atoms with Crippen LogP contribution >= 0.6 is 24.0 Å². The fraction of sp³-hybridized carbons (Fsp3) is 0.882. The second-order valence-corrected chi connectivity index (χ2v) is 7.61. The number of guanidine groups is 1. The third-order valence-corrected chi connectivity index (χ3v) is 4.35. The molecule has 0 aromatic heterocycles. The van der Waals surface area contributed by atoms with Crippen molar-refractivity contribution < 1.29 is 4.79 Å². The molecule has 0 aromatic carbocycles. The highest BCUT2D eigenvalue weighted by Gasteiger charge is 2.25. The molecule has 0 aromatic rings. The summed E-state index contributed by atoms with van der Waals surface area (Å²) < 4.78 is 0. The monoisotopic (exact) mass is 453 g/mol. The molecule has 6 nitrogen and oxygen atoms in total. The number of nitrogens with one attached hydrogen (secondary N) is 2. The first kappa shape index (κ1) is 23.4. The maximum atomic E-state index is 11.5. The molecule has 0 atom stereocenters. The minimum atomic E-state index is 0. The van der Waals surface area contributed by atoms with E-state index in [-0.39, 0.29) is 35.3 Å². The van der Waals surface area contributed by atoms with E-state index in [0.717, 1.165) is 45.0 Å². The van der Waals surface area contributed by atoms with Gasteiger partial charge in [-0.3, -0.25) is 9.79 Å². The molecule has 142 valence electrons. The van der Waals surface area contributed by atoms with E-state index in [1.165, 1.54) is 0 Å². The van der Waals surface area contributed by atoms with Crippen LogP contribution in [0.2, 0.25) is 0 Å². The van der Waals surface area contributed by atoms with Crippen LogP contribution in [0.4, 0.5) is 0 Å². The minimum absolute atomic E-state index is 0. The van der Waals surface area contributed by atoms with E-state index in [4.69, 9.17) is 0 Å². The van der Waals surface area contributed by atoms with Gasteiger partial charge in [-0.05, 0) is 38.3 Å². The van der Waals surface area contributed by atoms with Gasteiger partial charge in [-0.25, -0.2) is 0 Å². The Hall–Kier alpha value is -0.570. The van der Waals surface area contributed by atoms with Gasteiger partial charge in [-0.15, -0.1) is 24.0 Å². The topological polar surface area (TPSA) is 60.0 Å². The second-order valence-electron chi connectivity index (χ2n) is 7.61. The summed E-state index contributed by atoms with van der Waals surface area (Å²) >= 11 is 0. The zero-order valence-electron chi connectivity index (χ0n) is 16.2. The number of piperidine rings is 1. The van der Waals surface area contributed by atoms with Crippen molar-refractivity contribution in [1.82, 2.24) is 20.4 Å². The number of hydrogen-bond donors (Lipinski definition) is 2. The molecule has 0 bridgehead atoms. The summed E-state index contributed by atoms with van der Waals surface area (Å²) in [6.07, 6.45) is 2.75.